The first-order chi connectivity index (χ1) is 13.1. The highest BCUT2D eigenvalue weighted by Crippen LogP contribution is 2.18. The first-order valence-electron chi connectivity index (χ1n) is 10.2. The van der Waals surface area contributed by atoms with Crippen LogP contribution in [-0.2, 0) is 0 Å². The number of aliphatic imine (C=N–C) groups is 1. The molecule has 2 rings (SSSR count). The van der Waals surface area contributed by atoms with Gasteiger partial charge in [0.05, 0.1) is 0 Å². The summed E-state index contributed by atoms with van der Waals surface area (Å²) >= 11 is 0. The van der Waals surface area contributed by atoms with Gasteiger partial charge in [0.15, 0.2) is 5.96 Å². The first kappa shape index (κ1) is 24.7. The molecule has 1 heterocycles. The van der Waals surface area contributed by atoms with Crippen molar-refractivity contribution in [2.45, 2.75) is 45.6 Å². The maximum atomic E-state index is 12.1. The van der Waals surface area contributed by atoms with E-state index in [-0.39, 0.29) is 29.9 Å². The number of rotatable bonds is 8. The Kier molecular flexibility index (Phi) is 12.1. The molecule has 0 aromatic heterocycles. The van der Waals surface area contributed by atoms with Gasteiger partial charge < -0.3 is 16.0 Å². The maximum Gasteiger partial charge on any atom is 0.251 e. The van der Waals surface area contributed by atoms with Crippen LogP contribution in [0, 0.1) is 6.92 Å². The van der Waals surface area contributed by atoms with Gasteiger partial charge in [0, 0.05) is 44.8 Å². The van der Waals surface area contributed by atoms with Gasteiger partial charge in [-0.05, 0) is 44.9 Å². The standard InChI is InChI=1S/C21H35N5O.HI/c1-4-19-10-5-6-14-26(19)15-13-25-21(22-3)24-12-11-23-20(27)18-9-7-8-17(2)16-18;/h7-9,16,19H,4-6,10-15H2,1-3H3,(H,23,27)(H2,22,24,25);1H. The molecule has 0 spiro atoms. The van der Waals surface area contributed by atoms with Gasteiger partial charge in [-0.1, -0.05) is 31.0 Å². The topological polar surface area (TPSA) is 68.8 Å². The van der Waals surface area contributed by atoms with E-state index < -0.39 is 0 Å². The lowest BCUT2D eigenvalue weighted by atomic mass is 10.0. The Hall–Kier alpha value is -1.35. The fourth-order valence-corrected chi connectivity index (χ4v) is 3.60. The minimum atomic E-state index is -0.0425. The average Bonchev–Trinajstić information content (AvgIpc) is 2.69. The molecule has 0 radical (unpaired) electrons. The number of likely N-dealkylation sites (tertiary alicyclic amines) is 1. The van der Waals surface area contributed by atoms with Crippen LogP contribution in [0.2, 0.25) is 0 Å². The number of amides is 1. The molecular weight excluding hydrogens is 465 g/mol. The zero-order valence-corrected chi connectivity index (χ0v) is 19.8. The van der Waals surface area contributed by atoms with Gasteiger partial charge in [0.1, 0.15) is 0 Å². The van der Waals surface area contributed by atoms with Crippen molar-refractivity contribution in [3.05, 3.63) is 35.4 Å². The molecule has 7 heteroatoms. The Labute approximate surface area is 187 Å². The van der Waals surface area contributed by atoms with Crippen LogP contribution in [0.4, 0.5) is 0 Å². The second kappa shape index (κ2) is 13.8. The second-order valence-electron chi connectivity index (χ2n) is 7.14. The summed E-state index contributed by atoms with van der Waals surface area (Å²) < 4.78 is 0. The number of hydrogen-bond donors (Lipinski definition) is 3. The van der Waals surface area contributed by atoms with Crippen LogP contribution in [0.5, 0.6) is 0 Å². The van der Waals surface area contributed by atoms with Crippen LogP contribution in [0.1, 0.15) is 48.5 Å². The van der Waals surface area contributed by atoms with Gasteiger partial charge in [0.2, 0.25) is 0 Å². The van der Waals surface area contributed by atoms with E-state index in [4.69, 9.17) is 0 Å². The molecule has 1 aromatic rings. The highest BCUT2D eigenvalue weighted by molar-refractivity contribution is 14.0. The number of carbonyl (C=O) groups is 1. The first-order valence-corrected chi connectivity index (χ1v) is 10.2. The summed E-state index contributed by atoms with van der Waals surface area (Å²) in [4.78, 5) is 19.0. The summed E-state index contributed by atoms with van der Waals surface area (Å²) in [5.41, 5.74) is 1.79. The SMILES string of the molecule is CCC1CCCCN1CCNC(=NC)NCCNC(=O)c1cccc(C)c1.I. The lowest BCUT2D eigenvalue weighted by molar-refractivity contribution is 0.0954. The Morgan fingerprint density at radius 1 is 1.18 bits per heavy atom. The van der Waals surface area contributed by atoms with E-state index in [1.54, 1.807) is 7.05 Å². The van der Waals surface area contributed by atoms with E-state index in [9.17, 15) is 4.79 Å². The van der Waals surface area contributed by atoms with Crippen molar-refractivity contribution in [3.8, 4) is 0 Å². The largest absolute Gasteiger partial charge is 0.355 e. The maximum absolute atomic E-state index is 12.1. The lowest BCUT2D eigenvalue weighted by Crippen LogP contribution is -2.46. The summed E-state index contributed by atoms with van der Waals surface area (Å²) in [6.45, 7) is 8.59. The van der Waals surface area contributed by atoms with Crippen LogP contribution >= 0.6 is 24.0 Å². The number of piperidine rings is 1. The number of nitrogens with zero attached hydrogens (tertiary/aromatic N) is 2. The van der Waals surface area contributed by atoms with Crippen molar-refractivity contribution in [2.75, 3.05) is 39.8 Å². The molecule has 1 fully saturated rings. The highest BCUT2D eigenvalue weighted by Gasteiger charge is 2.19. The van der Waals surface area contributed by atoms with E-state index in [1.165, 1.54) is 32.2 Å². The quantitative estimate of drug-likeness (QED) is 0.222. The molecule has 0 saturated carbocycles. The number of nitrogens with one attached hydrogen (secondary N) is 3. The van der Waals surface area contributed by atoms with Crippen LogP contribution < -0.4 is 16.0 Å². The summed E-state index contributed by atoms with van der Waals surface area (Å²) in [5.74, 6) is 0.740. The van der Waals surface area contributed by atoms with Crippen molar-refractivity contribution < 1.29 is 4.79 Å². The molecule has 6 nitrogen and oxygen atoms in total. The zero-order chi connectivity index (χ0) is 19.5. The van der Waals surface area contributed by atoms with Crippen molar-refractivity contribution in [1.29, 1.82) is 0 Å². The van der Waals surface area contributed by atoms with Gasteiger partial charge in [0.25, 0.3) is 5.91 Å². The van der Waals surface area contributed by atoms with E-state index in [0.717, 1.165) is 30.7 Å². The van der Waals surface area contributed by atoms with Crippen LogP contribution in [0.3, 0.4) is 0 Å². The molecule has 1 aromatic carbocycles. The molecule has 0 bridgehead atoms. The molecule has 1 aliphatic rings. The van der Waals surface area contributed by atoms with Crippen LogP contribution in [0.15, 0.2) is 29.3 Å². The Morgan fingerprint density at radius 3 is 2.64 bits per heavy atom. The Balaban J connectivity index is 0.00000392. The van der Waals surface area contributed by atoms with E-state index >= 15 is 0 Å². The third-order valence-corrected chi connectivity index (χ3v) is 5.12. The molecule has 1 unspecified atom stereocenters. The van der Waals surface area contributed by atoms with Crippen molar-refractivity contribution in [1.82, 2.24) is 20.9 Å². The van der Waals surface area contributed by atoms with E-state index in [1.807, 2.05) is 31.2 Å². The predicted octanol–water partition coefficient (Wildman–Crippen LogP) is 2.77. The molecule has 158 valence electrons. The zero-order valence-electron chi connectivity index (χ0n) is 17.5. The fraction of sp³-hybridized carbons (Fsp3) is 0.619. The average molecular weight is 501 g/mol. The van der Waals surface area contributed by atoms with Gasteiger partial charge in [-0.2, -0.15) is 0 Å². The third kappa shape index (κ3) is 8.34. The lowest BCUT2D eigenvalue weighted by Gasteiger charge is -2.35. The van der Waals surface area contributed by atoms with Crippen LogP contribution in [0.25, 0.3) is 0 Å². The minimum absolute atomic E-state index is 0. The molecule has 1 amide bonds. The molecule has 1 aliphatic heterocycles. The summed E-state index contributed by atoms with van der Waals surface area (Å²) in [7, 11) is 1.77. The van der Waals surface area contributed by atoms with E-state index in [0.29, 0.717) is 18.7 Å². The number of halogens is 1. The Morgan fingerprint density at radius 2 is 1.93 bits per heavy atom. The van der Waals surface area contributed by atoms with Gasteiger partial charge in [-0.3, -0.25) is 14.7 Å². The fourth-order valence-electron chi connectivity index (χ4n) is 3.60. The van der Waals surface area contributed by atoms with Gasteiger partial charge in [-0.25, -0.2) is 0 Å². The van der Waals surface area contributed by atoms with Gasteiger partial charge >= 0.3 is 0 Å². The summed E-state index contributed by atoms with van der Waals surface area (Å²) in [6.07, 6.45) is 5.22. The molecule has 28 heavy (non-hydrogen) atoms. The molecule has 1 saturated heterocycles. The molecule has 0 aliphatic carbocycles. The number of guanidine groups is 1. The van der Waals surface area contributed by atoms with Crippen molar-refractivity contribution in [2.24, 2.45) is 4.99 Å². The highest BCUT2D eigenvalue weighted by atomic mass is 127. The smallest absolute Gasteiger partial charge is 0.251 e. The molecule has 3 N–H and O–H groups in total. The monoisotopic (exact) mass is 501 g/mol. The van der Waals surface area contributed by atoms with Crippen molar-refractivity contribution in [3.63, 3.8) is 0 Å². The number of benzene rings is 1. The normalized spacial score (nSPS) is 17.5. The van der Waals surface area contributed by atoms with Gasteiger partial charge in [-0.15, -0.1) is 24.0 Å². The summed E-state index contributed by atoms with van der Waals surface area (Å²) in [5, 5.41) is 9.56. The minimum Gasteiger partial charge on any atom is -0.355 e. The number of carbonyl (C=O) groups excluding carboxylic acids is 1. The number of hydrogen-bond acceptors (Lipinski definition) is 3. The molecule has 1 atom stereocenters. The summed E-state index contributed by atoms with van der Waals surface area (Å²) in [6, 6.07) is 8.35. The molecular formula is C21H36IN5O. The van der Waals surface area contributed by atoms with Crippen LogP contribution in [-0.4, -0.2) is 62.6 Å². The third-order valence-electron chi connectivity index (χ3n) is 5.12. The predicted molar refractivity (Wildman–Crippen MR) is 128 cm³/mol. The van der Waals surface area contributed by atoms with Crippen molar-refractivity contribution >= 4 is 35.8 Å². The van der Waals surface area contributed by atoms with E-state index in [2.05, 4.69) is 32.8 Å². The second-order valence-corrected chi connectivity index (χ2v) is 7.14. The number of aryl methyl sites for hydroxylation is 1. The Bertz CT molecular complexity index is 623.